The van der Waals surface area contributed by atoms with Crippen molar-refractivity contribution in [2.24, 2.45) is 0 Å². The Morgan fingerprint density at radius 2 is 0.470 bits per heavy atom. The van der Waals surface area contributed by atoms with Crippen molar-refractivity contribution in [3.8, 4) is 0 Å². The molecule has 0 aromatic rings. The van der Waals surface area contributed by atoms with E-state index in [4.69, 9.17) is 14.2 Å². The second kappa shape index (κ2) is 71.3. The number of allylic oxidation sites excluding steroid dienone is 12. The lowest BCUT2D eigenvalue weighted by molar-refractivity contribution is -0.167. The van der Waals surface area contributed by atoms with Gasteiger partial charge >= 0.3 is 17.9 Å². The lowest BCUT2D eigenvalue weighted by Crippen LogP contribution is -2.30. The van der Waals surface area contributed by atoms with E-state index in [9.17, 15) is 14.4 Å². The minimum absolute atomic E-state index is 0.0758. The highest BCUT2D eigenvalue weighted by Gasteiger charge is 2.19. The van der Waals surface area contributed by atoms with Crippen LogP contribution in [0.25, 0.3) is 0 Å². The lowest BCUT2D eigenvalue weighted by Gasteiger charge is -2.18. The number of ether oxygens (including phenoxy) is 3. The van der Waals surface area contributed by atoms with Gasteiger partial charge in [0.2, 0.25) is 0 Å². The molecule has 0 aliphatic rings. The molecule has 0 fully saturated rings. The molecule has 0 saturated heterocycles. The van der Waals surface area contributed by atoms with Gasteiger partial charge in [-0.25, -0.2) is 0 Å². The van der Waals surface area contributed by atoms with E-state index in [2.05, 4.69) is 93.7 Å². The smallest absolute Gasteiger partial charge is 0.306 e. The molecule has 0 amide bonds. The summed E-state index contributed by atoms with van der Waals surface area (Å²) in [7, 11) is 0. The lowest BCUT2D eigenvalue weighted by atomic mass is 10.0. The predicted octanol–water partition coefficient (Wildman–Crippen LogP) is 25.2. The Labute approximate surface area is 516 Å². The van der Waals surface area contributed by atoms with Gasteiger partial charge in [0.1, 0.15) is 13.2 Å². The summed E-state index contributed by atoms with van der Waals surface area (Å²) in [5.74, 6) is -0.863. The number of hydrogen-bond donors (Lipinski definition) is 0. The van der Waals surface area contributed by atoms with Crippen LogP contribution in [0.3, 0.4) is 0 Å². The van der Waals surface area contributed by atoms with Gasteiger partial charge in [0, 0.05) is 19.3 Å². The van der Waals surface area contributed by atoms with Crippen LogP contribution < -0.4 is 0 Å². The van der Waals surface area contributed by atoms with Gasteiger partial charge in [-0.15, -0.1) is 0 Å². The Morgan fingerprint density at radius 1 is 0.253 bits per heavy atom. The van der Waals surface area contributed by atoms with E-state index < -0.39 is 6.10 Å². The zero-order chi connectivity index (χ0) is 59.9. The van der Waals surface area contributed by atoms with Crippen molar-refractivity contribution >= 4 is 17.9 Å². The van der Waals surface area contributed by atoms with Crippen LogP contribution in [0, 0.1) is 0 Å². The Bertz CT molecular complexity index is 1520. The molecule has 0 rings (SSSR count). The topological polar surface area (TPSA) is 78.9 Å². The first-order valence-corrected chi connectivity index (χ1v) is 36.4. The zero-order valence-electron chi connectivity index (χ0n) is 55.5. The molecule has 6 heteroatoms. The van der Waals surface area contributed by atoms with E-state index in [1.807, 2.05) is 0 Å². The third-order valence-electron chi connectivity index (χ3n) is 16.2. The average Bonchev–Trinajstić information content (AvgIpc) is 3.50. The number of rotatable bonds is 67. The third-order valence-corrected chi connectivity index (χ3v) is 16.2. The normalized spacial score (nSPS) is 12.5. The molecule has 0 heterocycles. The SMILES string of the molecule is CC/C=C\C/C=C\C/C=C\CCCCCCCCCC(=O)OCC(COC(=O)CCCCCCCCCCCCCC/C=C\C/C=C\C/C=C\CCCCCCC)OC(=O)CCCCCCCCCCCCCCCCCCCCCCC. The number of carbonyl (C=O) groups excluding carboxylic acids is 3. The van der Waals surface area contributed by atoms with E-state index in [0.29, 0.717) is 19.3 Å². The first-order valence-electron chi connectivity index (χ1n) is 36.4. The molecular formula is C77H138O6. The van der Waals surface area contributed by atoms with Crippen LogP contribution in [0.5, 0.6) is 0 Å². The minimum Gasteiger partial charge on any atom is -0.462 e. The van der Waals surface area contributed by atoms with E-state index in [1.54, 1.807) is 0 Å². The summed E-state index contributed by atoms with van der Waals surface area (Å²) in [6, 6.07) is 0. The van der Waals surface area contributed by atoms with Crippen LogP contribution >= 0.6 is 0 Å². The van der Waals surface area contributed by atoms with Gasteiger partial charge < -0.3 is 14.2 Å². The highest BCUT2D eigenvalue weighted by molar-refractivity contribution is 5.71. The van der Waals surface area contributed by atoms with Crippen LogP contribution in [0.4, 0.5) is 0 Å². The highest BCUT2D eigenvalue weighted by atomic mass is 16.6. The van der Waals surface area contributed by atoms with Crippen LogP contribution in [0.2, 0.25) is 0 Å². The highest BCUT2D eigenvalue weighted by Crippen LogP contribution is 2.18. The van der Waals surface area contributed by atoms with Gasteiger partial charge in [-0.2, -0.15) is 0 Å². The van der Waals surface area contributed by atoms with Crippen LogP contribution in [-0.4, -0.2) is 37.2 Å². The number of esters is 3. The second-order valence-electron chi connectivity index (χ2n) is 24.5. The van der Waals surface area contributed by atoms with Crippen molar-refractivity contribution in [3.05, 3.63) is 72.9 Å². The Morgan fingerprint density at radius 3 is 0.735 bits per heavy atom. The van der Waals surface area contributed by atoms with Gasteiger partial charge in [0.25, 0.3) is 0 Å². The summed E-state index contributed by atoms with van der Waals surface area (Å²) >= 11 is 0. The van der Waals surface area contributed by atoms with Gasteiger partial charge in [0.05, 0.1) is 0 Å². The van der Waals surface area contributed by atoms with Crippen LogP contribution in [0.1, 0.15) is 380 Å². The van der Waals surface area contributed by atoms with Crippen molar-refractivity contribution in [2.75, 3.05) is 13.2 Å². The number of hydrogen-bond acceptors (Lipinski definition) is 6. The average molecular weight is 1160 g/mol. The maximum atomic E-state index is 13.0. The Hall–Kier alpha value is -3.15. The summed E-state index contributed by atoms with van der Waals surface area (Å²) in [6.45, 7) is 6.57. The molecule has 0 aromatic carbocycles. The Balaban J connectivity index is 4.31. The molecule has 0 bridgehead atoms. The molecule has 0 aromatic heterocycles. The molecule has 482 valence electrons. The Kier molecular flexibility index (Phi) is 68.6. The summed E-state index contributed by atoms with van der Waals surface area (Å²) in [5, 5.41) is 0. The fourth-order valence-corrected chi connectivity index (χ4v) is 10.8. The molecule has 0 radical (unpaired) electrons. The van der Waals surface area contributed by atoms with Crippen LogP contribution in [-0.2, 0) is 28.6 Å². The van der Waals surface area contributed by atoms with Crippen molar-refractivity contribution < 1.29 is 28.6 Å². The predicted molar refractivity (Wildman–Crippen MR) is 362 cm³/mol. The molecule has 0 aliphatic heterocycles. The first-order chi connectivity index (χ1) is 41.0. The van der Waals surface area contributed by atoms with E-state index >= 15 is 0 Å². The number of unbranched alkanes of at least 4 members (excludes halogenated alkanes) is 44. The second-order valence-corrected chi connectivity index (χ2v) is 24.5. The molecule has 1 atom stereocenters. The van der Waals surface area contributed by atoms with Gasteiger partial charge in [0.15, 0.2) is 6.10 Å². The summed E-state index contributed by atoms with van der Waals surface area (Å²) < 4.78 is 17.0. The third kappa shape index (κ3) is 69.5. The molecular weight excluding hydrogens is 1020 g/mol. The maximum Gasteiger partial charge on any atom is 0.306 e. The van der Waals surface area contributed by atoms with Crippen molar-refractivity contribution in [2.45, 2.75) is 386 Å². The van der Waals surface area contributed by atoms with Crippen molar-refractivity contribution in [3.63, 3.8) is 0 Å². The van der Waals surface area contributed by atoms with E-state index in [0.717, 1.165) is 96.3 Å². The molecule has 0 N–H and O–H groups in total. The van der Waals surface area contributed by atoms with Crippen LogP contribution in [0.15, 0.2) is 72.9 Å². The van der Waals surface area contributed by atoms with Crippen molar-refractivity contribution in [1.29, 1.82) is 0 Å². The minimum atomic E-state index is -0.781. The zero-order valence-corrected chi connectivity index (χ0v) is 55.5. The standard InChI is InChI=1S/C77H138O6/c1-4-7-10-13-16-19-22-25-28-31-33-35-36-37-38-39-40-42-43-46-49-52-55-58-61-64-67-70-76(79)82-73-74(72-81-75(78)69-66-63-60-57-54-51-48-45-30-27-24-21-18-15-12-9-6-3)83-77(80)71-68-65-62-59-56-53-50-47-44-41-34-32-29-26-23-20-17-14-11-8-5-2/h9,12,18,21-22,25,27,30-31,33,36-37,74H,4-8,10-11,13-17,19-20,23-24,26,28-29,32,34-35,38-73H2,1-3H3/b12-9-,21-18-,25-22-,30-27-,33-31-,37-36-. The molecule has 1 unspecified atom stereocenters. The van der Waals surface area contributed by atoms with Crippen molar-refractivity contribution in [1.82, 2.24) is 0 Å². The van der Waals surface area contributed by atoms with E-state index in [-0.39, 0.29) is 31.1 Å². The summed E-state index contributed by atoms with van der Waals surface area (Å²) in [4.78, 5) is 38.5. The monoisotopic (exact) mass is 1160 g/mol. The van der Waals surface area contributed by atoms with Gasteiger partial charge in [-0.1, -0.05) is 344 Å². The van der Waals surface area contributed by atoms with Gasteiger partial charge in [-0.05, 0) is 89.9 Å². The molecule has 6 nitrogen and oxygen atoms in total. The molecule has 0 aliphatic carbocycles. The summed E-state index contributed by atoms with van der Waals surface area (Å²) in [5.41, 5.74) is 0. The molecule has 0 spiro atoms. The number of carbonyl (C=O) groups is 3. The first kappa shape index (κ1) is 79.8. The maximum absolute atomic E-state index is 13.0. The fraction of sp³-hybridized carbons (Fsp3) is 0.805. The fourth-order valence-electron chi connectivity index (χ4n) is 10.8. The quantitative estimate of drug-likeness (QED) is 0.0261. The largest absolute Gasteiger partial charge is 0.462 e. The van der Waals surface area contributed by atoms with E-state index in [1.165, 1.54) is 244 Å². The molecule has 83 heavy (non-hydrogen) atoms. The molecule has 0 saturated carbocycles. The van der Waals surface area contributed by atoms with Gasteiger partial charge in [-0.3, -0.25) is 14.4 Å². The summed E-state index contributed by atoms with van der Waals surface area (Å²) in [6.07, 6.45) is 93.6.